The van der Waals surface area contributed by atoms with Crippen LogP contribution in [0.25, 0.3) is 11.1 Å². The van der Waals surface area contributed by atoms with Crippen LogP contribution in [-0.2, 0) is 0 Å². The number of hydrogen-bond donors (Lipinski definition) is 1. The average molecular weight is 206 g/mol. The number of nitrogen functional groups attached to an aromatic ring is 1. The van der Waals surface area contributed by atoms with Crippen LogP contribution < -0.4 is 5.73 Å². The summed E-state index contributed by atoms with van der Waals surface area (Å²) in [6, 6.07) is 5.35. The van der Waals surface area contributed by atoms with E-state index in [9.17, 15) is 8.78 Å². The minimum absolute atomic E-state index is 0.162. The maximum atomic E-state index is 13.4. The highest BCUT2D eigenvalue weighted by Crippen LogP contribution is 2.25. The van der Waals surface area contributed by atoms with E-state index >= 15 is 0 Å². The summed E-state index contributed by atoms with van der Waals surface area (Å²) in [5.74, 6) is -1.18. The summed E-state index contributed by atoms with van der Waals surface area (Å²) < 4.78 is 26.6. The Kier molecular flexibility index (Phi) is 2.33. The van der Waals surface area contributed by atoms with Gasteiger partial charge in [-0.25, -0.2) is 8.78 Å². The normalized spacial score (nSPS) is 10.3. The van der Waals surface area contributed by atoms with E-state index in [-0.39, 0.29) is 11.3 Å². The Morgan fingerprint density at radius 3 is 2.60 bits per heavy atom. The van der Waals surface area contributed by atoms with Crippen LogP contribution in [0.2, 0.25) is 0 Å². The lowest BCUT2D eigenvalue weighted by Gasteiger charge is -2.04. The third-order valence-electron chi connectivity index (χ3n) is 2.06. The molecular formula is C11H8F2N2. The van der Waals surface area contributed by atoms with E-state index in [0.29, 0.717) is 5.56 Å². The molecule has 0 unspecified atom stereocenters. The number of halogens is 2. The summed E-state index contributed by atoms with van der Waals surface area (Å²) in [7, 11) is 0. The molecule has 2 rings (SSSR count). The minimum Gasteiger partial charge on any atom is -0.396 e. The lowest BCUT2D eigenvalue weighted by atomic mass is 10.1. The van der Waals surface area contributed by atoms with Crippen molar-refractivity contribution in [1.82, 2.24) is 4.98 Å². The van der Waals surface area contributed by atoms with Gasteiger partial charge in [-0.2, -0.15) is 0 Å². The van der Waals surface area contributed by atoms with Gasteiger partial charge in [-0.05, 0) is 12.1 Å². The maximum Gasteiger partial charge on any atom is 0.146 e. The van der Waals surface area contributed by atoms with Crippen LogP contribution in [0.15, 0.2) is 36.7 Å². The fraction of sp³-hybridized carbons (Fsp3) is 0. The molecule has 0 amide bonds. The maximum absolute atomic E-state index is 13.4. The van der Waals surface area contributed by atoms with Crippen molar-refractivity contribution in [3.05, 3.63) is 48.3 Å². The first-order valence-corrected chi connectivity index (χ1v) is 4.33. The van der Waals surface area contributed by atoms with E-state index < -0.39 is 11.6 Å². The quantitative estimate of drug-likeness (QED) is 0.728. The van der Waals surface area contributed by atoms with Crippen LogP contribution in [0.5, 0.6) is 0 Å². The van der Waals surface area contributed by atoms with Gasteiger partial charge in [0.15, 0.2) is 0 Å². The first-order valence-electron chi connectivity index (χ1n) is 4.33. The first-order chi connectivity index (χ1) is 7.18. The van der Waals surface area contributed by atoms with Crippen molar-refractivity contribution in [2.75, 3.05) is 5.73 Å². The van der Waals surface area contributed by atoms with Gasteiger partial charge in [-0.15, -0.1) is 0 Å². The predicted molar refractivity (Wildman–Crippen MR) is 54.0 cm³/mol. The summed E-state index contributed by atoms with van der Waals surface area (Å²) in [5, 5.41) is 0. The molecule has 0 atom stereocenters. The van der Waals surface area contributed by atoms with Crippen molar-refractivity contribution >= 4 is 5.69 Å². The fourth-order valence-electron chi connectivity index (χ4n) is 1.31. The minimum atomic E-state index is -0.629. The molecule has 0 aliphatic heterocycles. The molecule has 0 spiro atoms. The van der Waals surface area contributed by atoms with E-state index in [2.05, 4.69) is 4.98 Å². The van der Waals surface area contributed by atoms with E-state index in [4.69, 9.17) is 5.73 Å². The van der Waals surface area contributed by atoms with Crippen LogP contribution in [0.1, 0.15) is 0 Å². The number of nitrogens with zero attached hydrogens (tertiary/aromatic N) is 1. The van der Waals surface area contributed by atoms with Gasteiger partial charge < -0.3 is 5.73 Å². The Bertz CT molecular complexity index is 483. The number of nitrogens with two attached hydrogens (primary N) is 1. The Morgan fingerprint density at radius 2 is 1.93 bits per heavy atom. The molecule has 0 aliphatic rings. The number of hydrogen-bond acceptors (Lipinski definition) is 2. The molecule has 0 radical (unpaired) electrons. The lowest BCUT2D eigenvalue weighted by Crippen LogP contribution is -1.94. The molecule has 1 aromatic carbocycles. The SMILES string of the molecule is Nc1cc(F)c(-c2cccnc2)cc1F. The standard InChI is InChI=1S/C11H8F2N2/c12-9-5-11(14)10(13)4-8(9)7-2-1-3-15-6-7/h1-6H,14H2. The zero-order valence-corrected chi connectivity index (χ0v) is 7.74. The Labute approximate surface area is 85.4 Å². The molecule has 4 heteroatoms. The van der Waals surface area contributed by atoms with Gasteiger partial charge >= 0.3 is 0 Å². The molecule has 0 saturated heterocycles. The molecule has 2 N–H and O–H groups in total. The highest BCUT2D eigenvalue weighted by molar-refractivity contribution is 5.65. The van der Waals surface area contributed by atoms with Crippen molar-refractivity contribution in [1.29, 1.82) is 0 Å². The third kappa shape index (κ3) is 1.79. The summed E-state index contributed by atoms with van der Waals surface area (Å²) in [5.41, 5.74) is 5.73. The van der Waals surface area contributed by atoms with Crippen molar-refractivity contribution in [2.45, 2.75) is 0 Å². The topological polar surface area (TPSA) is 38.9 Å². The summed E-state index contributed by atoms with van der Waals surface area (Å²) in [6.07, 6.45) is 3.03. The van der Waals surface area contributed by atoms with Gasteiger partial charge in [-0.3, -0.25) is 4.98 Å². The van der Waals surface area contributed by atoms with Crippen LogP contribution in [-0.4, -0.2) is 4.98 Å². The molecule has 0 fully saturated rings. The van der Waals surface area contributed by atoms with Gasteiger partial charge in [0, 0.05) is 29.6 Å². The van der Waals surface area contributed by atoms with E-state index in [0.717, 1.165) is 12.1 Å². The largest absolute Gasteiger partial charge is 0.396 e. The highest BCUT2D eigenvalue weighted by Gasteiger charge is 2.09. The molecule has 2 aromatic rings. The number of anilines is 1. The van der Waals surface area contributed by atoms with Crippen molar-refractivity contribution in [2.24, 2.45) is 0 Å². The van der Waals surface area contributed by atoms with Crippen LogP contribution in [0.4, 0.5) is 14.5 Å². The molecule has 0 bridgehead atoms. The van der Waals surface area contributed by atoms with Gasteiger partial charge in [0.1, 0.15) is 11.6 Å². The first kappa shape index (κ1) is 9.58. The molecule has 1 aromatic heterocycles. The predicted octanol–water partition coefficient (Wildman–Crippen LogP) is 2.61. The Hall–Kier alpha value is -1.97. The van der Waals surface area contributed by atoms with Crippen molar-refractivity contribution in [3.8, 4) is 11.1 Å². The zero-order valence-electron chi connectivity index (χ0n) is 7.74. The third-order valence-corrected chi connectivity index (χ3v) is 2.06. The van der Waals surface area contributed by atoms with Gasteiger partial charge in [0.2, 0.25) is 0 Å². The molecule has 0 saturated carbocycles. The van der Waals surface area contributed by atoms with Crippen LogP contribution in [0, 0.1) is 11.6 Å². The molecular weight excluding hydrogens is 198 g/mol. The average Bonchev–Trinajstić information content (AvgIpc) is 2.25. The van der Waals surface area contributed by atoms with Gasteiger partial charge in [0.05, 0.1) is 5.69 Å². The van der Waals surface area contributed by atoms with Crippen molar-refractivity contribution < 1.29 is 8.78 Å². The second kappa shape index (κ2) is 3.65. The van der Waals surface area contributed by atoms with Crippen LogP contribution >= 0.6 is 0 Å². The van der Waals surface area contributed by atoms with Gasteiger partial charge in [0.25, 0.3) is 0 Å². The summed E-state index contributed by atoms with van der Waals surface area (Å²) in [6.45, 7) is 0. The summed E-state index contributed by atoms with van der Waals surface area (Å²) >= 11 is 0. The second-order valence-electron chi connectivity index (χ2n) is 3.10. The van der Waals surface area contributed by atoms with E-state index in [1.807, 2.05) is 0 Å². The smallest absolute Gasteiger partial charge is 0.146 e. The highest BCUT2D eigenvalue weighted by atomic mass is 19.1. The molecule has 0 aliphatic carbocycles. The number of pyridine rings is 1. The van der Waals surface area contributed by atoms with Gasteiger partial charge in [-0.1, -0.05) is 6.07 Å². The number of aromatic nitrogens is 1. The monoisotopic (exact) mass is 206 g/mol. The Morgan fingerprint density at radius 1 is 1.13 bits per heavy atom. The lowest BCUT2D eigenvalue weighted by molar-refractivity contribution is 0.607. The zero-order chi connectivity index (χ0) is 10.8. The van der Waals surface area contributed by atoms with Crippen molar-refractivity contribution in [3.63, 3.8) is 0 Å². The molecule has 1 heterocycles. The van der Waals surface area contributed by atoms with E-state index in [1.54, 1.807) is 18.3 Å². The fourth-order valence-corrected chi connectivity index (χ4v) is 1.31. The second-order valence-corrected chi connectivity index (χ2v) is 3.10. The number of rotatable bonds is 1. The molecule has 2 nitrogen and oxygen atoms in total. The van der Waals surface area contributed by atoms with E-state index in [1.165, 1.54) is 6.20 Å². The summed E-state index contributed by atoms with van der Waals surface area (Å²) in [4.78, 5) is 3.83. The number of benzene rings is 1. The Balaban J connectivity index is 2.59. The molecule has 76 valence electrons. The molecule has 15 heavy (non-hydrogen) atoms. The van der Waals surface area contributed by atoms with Crippen LogP contribution in [0.3, 0.4) is 0 Å².